The fourth-order valence-electron chi connectivity index (χ4n) is 2.70. The minimum atomic E-state index is -0.343. The van der Waals surface area contributed by atoms with Crippen LogP contribution in [0.25, 0.3) is 0 Å². The molecule has 0 saturated carbocycles. The number of carbonyl (C=O) groups excluding carboxylic acids is 2. The zero-order valence-corrected chi connectivity index (χ0v) is 13.1. The average Bonchev–Trinajstić information content (AvgIpc) is 2.47. The molecule has 0 unspecified atom stereocenters. The van der Waals surface area contributed by atoms with Gasteiger partial charge in [0.05, 0.1) is 6.54 Å². The molecule has 114 valence electrons. The minimum Gasteiger partial charge on any atom is -0.331 e. The van der Waals surface area contributed by atoms with Crippen LogP contribution in [0.2, 0.25) is 0 Å². The Morgan fingerprint density at radius 1 is 1.19 bits per heavy atom. The molecule has 1 fully saturated rings. The second-order valence-corrected chi connectivity index (χ2v) is 6.11. The molecule has 0 bridgehead atoms. The predicted molar refractivity (Wildman–Crippen MR) is 82.7 cm³/mol. The summed E-state index contributed by atoms with van der Waals surface area (Å²) in [7, 11) is 0. The molecule has 21 heavy (non-hydrogen) atoms. The van der Waals surface area contributed by atoms with Crippen molar-refractivity contribution in [3.05, 3.63) is 35.9 Å². The maximum Gasteiger partial charge on any atom is 0.245 e. The highest BCUT2D eigenvalue weighted by Gasteiger charge is 2.36. The van der Waals surface area contributed by atoms with Crippen LogP contribution in [-0.2, 0) is 16.0 Å². The van der Waals surface area contributed by atoms with Gasteiger partial charge in [0.25, 0.3) is 0 Å². The van der Waals surface area contributed by atoms with Crippen molar-refractivity contribution >= 4 is 11.8 Å². The smallest absolute Gasteiger partial charge is 0.245 e. The topological polar surface area (TPSA) is 40.6 Å². The second-order valence-electron chi connectivity index (χ2n) is 6.11. The highest BCUT2D eigenvalue weighted by Crippen LogP contribution is 2.15. The number of hydrogen-bond acceptors (Lipinski definition) is 2. The quantitative estimate of drug-likeness (QED) is 0.831. The van der Waals surface area contributed by atoms with E-state index in [2.05, 4.69) is 13.8 Å². The van der Waals surface area contributed by atoms with Crippen molar-refractivity contribution in [1.29, 1.82) is 0 Å². The first-order valence-electron chi connectivity index (χ1n) is 7.61. The van der Waals surface area contributed by atoms with E-state index in [1.165, 1.54) is 5.56 Å². The number of benzene rings is 1. The van der Waals surface area contributed by atoms with Crippen LogP contribution >= 0.6 is 0 Å². The lowest BCUT2D eigenvalue weighted by atomic mass is 10.1. The van der Waals surface area contributed by atoms with Crippen LogP contribution in [0.3, 0.4) is 0 Å². The standard InChI is InChI=1S/C17H24N2O2/c1-13(2)11-19-14(3)17(21)18(12-16(19)20)10-9-15-7-5-4-6-8-15/h4-8,13-14H,9-12H2,1-3H3/t14-/m0/s1. The summed E-state index contributed by atoms with van der Waals surface area (Å²) in [5.41, 5.74) is 1.19. The maximum absolute atomic E-state index is 12.4. The molecule has 1 heterocycles. The molecule has 2 amide bonds. The van der Waals surface area contributed by atoms with Crippen LogP contribution in [0.1, 0.15) is 26.3 Å². The monoisotopic (exact) mass is 288 g/mol. The zero-order valence-electron chi connectivity index (χ0n) is 13.1. The van der Waals surface area contributed by atoms with Crippen molar-refractivity contribution in [2.75, 3.05) is 19.6 Å². The van der Waals surface area contributed by atoms with E-state index in [0.29, 0.717) is 19.0 Å². The van der Waals surface area contributed by atoms with Gasteiger partial charge in [-0.15, -0.1) is 0 Å². The SMILES string of the molecule is CC(C)CN1C(=O)CN(CCc2ccccc2)C(=O)[C@@H]1C. The Hall–Kier alpha value is -1.84. The molecule has 1 saturated heterocycles. The highest BCUT2D eigenvalue weighted by atomic mass is 16.2. The van der Waals surface area contributed by atoms with Crippen molar-refractivity contribution in [2.45, 2.75) is 33.2 Å². The van der Waals surface area contributed by atoms with Crippen LogP contribution < -0.4 is 0 Å². The number of carbonyl (C=O) groups is 2. The van der Waals surface area contributed by atoms with E-state index in [-0.39, 0.29) is 24.4 Å². The van der Waals surface area contributed by atoms with Crippen molar-refractivity contribution < 1.29 is 9.59 Å². The molecule has 0 aromatic heterocycles. The van der Waals surface area contributed by atoms with Crippen LogP contribution in [0.15, 0.2) is 30.3 Å². The second kappa shape index (κ2) is 6.74. The van der Waals surface area contributed by atoms with E-state index in [9.17, 15) is 9.59 Å². The summed E-state index contributed by atoms with van der Waals surface area (Å²) in [6.07, 6.45) is 0.788. The largest absolute Gasteiger partial charge is 0.331 e. The summed E-state index contributed by atoms with van der Waals surface area (Å²) >= 11 is 0. The van der Waals surface area contributed by atoms with Crippen molar-refractivity contribution in [3.8, 4) is 0 Å². The molecule has 0 spiro atoms. The third kappa shape index (κ3) is 3.84. The Morgan fingerprint density at radius 2 is 1.86 bits per heavy atom. The summed E-state index contributed by atoms with van der Waals surface area (Å²) in [6, 6.07) is 9.71. The number of piperazine rings is 1. The lowest BCUT2D eigenvalue weighted by Gasteiger charge is -2.39. The van der Waals surface area contributed by atoms with Crippen molar-refractivity contribution in [2.24, 2.45) is 5.92 Å². The first-order valence-corrected chi connectivity index (χ1v) is 7.61. The Morgan fingerprint density at radius 3 is 2.48 bits per heavy atom. The Bertz CT molecular complexity index is 499. The Kier molecular flexibility index (Phi) is 4.99. The van der Waals surface area contributed by atoms with E-state index in [0.717, 1.165) is 6.42 Å². The number of rotatable bonds is 5. The number of hydrogen-bond donors (Lipinski definition) is 0. The van der Waals surface area contributed by atoms with Gasteiger partial charge < -0.3 is 9.80 Å². The summed E-state index contributed by atoms with van der Waals surface area (Å²) in [5, 5.41) is 0. The van der Waals surface area contributed by atoms with Gasteiger partial charge in [-0.25, -0.2) is 0 Å². The Balaban J connectivity index is 1.97. The molecule has 0 aliphatic carbocycles. The minimum absolute atomic E-state index is 0.0591. The molecule has 0 radical (unpaired) electrons. The van der Waals surface area contributed by atoms with Gasteiger partial charge in [-0.3, -0.25) is 9.59 Å². The van der Waals surface area contributed by atoms with E-state index < -0.39 is 0 Å². The molecule has 2 rings (SSSR count). The lowest BCUT2D eigenvalue weighted by molar-refractivity contribution is -0.155. The van der Waals surface area contributed by atoms with Gasteiger partial charge in [0.15, 0.2) is 0 Å². The van der Waals surface area contributed by atoms with Gasteiger partial charge in [0.1, 0.15) is 6.04 Å². The predicted octanol–water partition coefficient (Wildman–Crippen LogP) is 1.94. The van der Waals surface area contributed by atoms with Gasteiger partial charge in [-0.1, -0.05) is 44.2 Å². The molecule has 1 aliphatic rings. The molecule has 1 atom stereocenters. The fourth-order valence-corrected chi connectivity index (χ4v) is 2.70. The molecule has 0 N–H and O–H groups in total. The molecular weight excluding hydrogens is 264 g/mol. The fraction of sp³-hybridized carbons (Fsp3) is 0.529. The summed E-state index contributed by atoms with van der Waals surface area (Å²) in [4.78, 5) is 28.1. The van der Waals surface area contributed by atoms with Crippen LogP contribution in [0.5, 0.6) is 0 Å². The maximum atomic E-state index is 12.4. The first kappa shape index (κ1) is 15.5. The van der Waals surface area contributed by atoms with E-state index in [4.69, 9.17) is 0 Å². The van der Waals surface area contributed by atoms with E-state index in [1.807, 2.05) is 37.3 Å². The van der Waals surface area contributed by atoms with Gasteiger partial charge in [-0.2, -0.15) is 0 Å². The molecule has 4 nitrogen and oxygen atoms in total. The summed E-state index contributed by atoms with van der Waals surface area (Å²) in [5.74, 6) is 0.495. The molecule has 1 aromatic rings. The highest BCUT2D eigenvalue weighted by molar-refractivity contribution is 5.94. The van der Waals surface area contributed by atoms with Gasteiger partial charge in [0.2, 0.25) is 11.8 Å². The van der Waals surface area contributed by atoms with Crippen LogP contribution in [0, 0.1) is 5.92 Å². The van der Waals surface area contributed by atoms with Gasteiger partial charge >= 0.3 is 0 Å². The third-order valence-electron chi connectivity index (χ3n) is 3.86. The summed E-state index contributed by atoms with van der Waals surface area (Å²) < 4.78 is 0. The summed E-state index contributed by atoms with van der Waals surface area (Å²) in [6.45, 7) is 7.42. The molecular formula is C17H24N2O2. The zero-order chi connectivity index (χ0) is 15.4. The average molecular weight is 288 g/mol. The van der Waals surface area contributed by atoms with Crippen molar-refractivity contribution in [3.63, 3.8) is 0 Å². The first-order chi connectivity index (χ1) is 9.99. The lowest BCUT2D eigenvalue weighted by Crippen LogP contribution is -2.59. The normalized spacial score (nSPS) is 19.5. The van der Waals surface area contributed by atoms with E-state index in [1.54, 1.807) is 9.80 Å². The van der Waals surface area contributed by atoms with Crippen LogP contribution in [0.4, 0.5) is 0 Å². The number of nitrogens with zero attached hydrogens (tertiary/aromatic N) is 2. The molecule has 4 heteroatoms. The van der Waals surface area contributed by atoms with Gasteiger partial charge in [-0.05, 0) is 24.8 Å². The molecule has 1 aliphatic heterocycles. The molecule has 1 aromatic carbocycles. The van der Waals surface area contributed by atoms with Crippen LogP contribution in [-0.4, -0.2) is 47.3 Å². The van der Waals surface area contributed by atoms with E-state index >= 15 is 0 Å². The Labute approximate surface area is 126 Å². The third-order valence-corrected chi connectivity index (χ3v) is 3.86. The van der Waals surface area contributed by atoms with Crippen molar-refractivity contribution in [1.82, 2.24) is 9.80 Å². The van der Waals surface area contributed by atoms with Gasteiger partial charge in [0, 0.05) is 13.1 Å². The number of amides is 2.